The normalized spacial score (nSPS) is 23.5. The number of nitrogens with one attached hydrogen (secondary N) is 1. The molecular weight excluding hydrogens is 269 g/mol. The van der Waals surface area contributed by atoms with Crippen LogP contribution in [0.15, 0.2) is 23.1 Å². The quantitative estimate of drug-likeness (QED) is 0.863. The first-order chi connectivity index (χ1) is 8.86. The highest BCUT2D eigenvalue weighted by Gasteiger charge is 2.21. The average molecular weight is 287 g/mol. The van der Waals surface area contributed by atoms with E-state index in [-0.39, 0.29) is 22.8 Å². The molecule has 1 fully saturated rings. The van der Waals surface area contributed by atoms with Gasteiger partial charge in [-0.25, -0.2) is 12.8 Å². The number of rotatable bonds is 4. The number of halogens is 1. The van der Waals surface area contributed by atoms with Crippen LogP contribution in [0.2, 0.25) is 0 Å². The highest BCUT2D eigenvalue weighted by Crippen LogP contribution is 2.22. The van der Waals surface area contributed by atoms with E-state index in [9.17, 15) is 12.8 Å². The average Bonchev–Trinajstić information content (AvgIpc) is 2.72. The van der Waals surface area contributed by atoms with E-state index in [2.05, 4.69) is 5.32 Å². The summed E-state index contributed by atoms with van der Waals surface area (Å²) in [7, 11) is -3.33. The number of hydrogen-bond acceptors (Lipinski definition) is 4. The maximum absolute atomic E-state index is 13.6. The Morgan fingerprint density at radius 3 is 2.74 bits per heavy atom. The molecule has 106 valence electrons. The summed E-state index contributed by atoms with van der Waals surface area (Å²) in [6, 6.07) is 3.75. The largest absolute Gasteiger partial charge is 0.380 e. The minimum atomic E-state index is -3.33. The molecule has 4 nitrogen and oxygen atoms in total. The molecule has 1 aromatic rings. The SMILES string of the molecule is CC1CCC(CNc2cc(S(C)(=O)=O)ccc2F)O1. The number of anilines is 1. The van der Waals surface area contributed by atoms with Gasteiger partial charge in [0.1, 0.15) is 5.82 Å². The molecule has 2 unspecified atom stereocenters. The van der Waals surface area contributed by atoms with Gasteiger partial charge in [0.25, 0.3) is 0 Å². The smallest absolute Gasteiger partial charge is 0.175 e. The predicted octanol–water partition coefficient (Wildman–Crippen LogP) is 2.21. The summed E-state index contributed by atoms with van der Waals surface area (Å²) in [6.07, 6.45) is 3.32. The summed E-state index contributed by atoms with van der Waals surface area (Å²) in [5.41, 5.74) is 0.200. The van der Waals surface area contributed by atoms with E-state index < -0.39 is 15.7 Å². The summed E-state index contributed by atoms with van der Waals surface area (Å²) in [6.45, 7) is 2.49. The van der Waals surface area contributed by atoms with E-state index in [4.69, 9.17) is 4.74 Å². The standard InChI is InChI=1S/C13H18FNO3S/c1-9-3-4-10(18-9)8-15-13-7-11(19(2,16)17)5-6-12(13)14/h5-7,9-10,15H,3-4,8H2,1-2H3. The van der Waals surface area contributed by atoms with Crippen LogP contribution in [0.1, 0.15) is 19.8 Å². The molecule has 0 aliphatic carbocycles. The monoisotopic (exact) mass is 287 g/mol. The Morgan fingerprint density at radius 1 is 1.42 bits per heavy atom. The van der Waals surface area contributed by atoms with Crippen molar-refractivity contribution in [3.05, 3.63) is 24.0 Å². The molecule has 19 heavy (non-hydrogen) atoms. The second kappa shape index (κ2) is 5.46. The van der Waals surface area contributed by atoms with E-state index in [1.807, 2.05) is 6.92 Å². The summed E-state index contributed by atoms with van der Waals surface area (Å²) < 4.78 is 42.1. The fourth-order valence-electron chi connectivity index (χ4n) is 2.13. The summed E-state index contributed by atoms with van der Waals surface area (Å²) in [5, 5.41) is 2.92. The Kier molecular flexibility index (Phi) is 4.10. The summed E-state index contributed by atoms with van der Waals surface area (Å²) in [4.78, 5) is 0.108. The van der Waals surface area contributed by atoms with Crippen LogP contribution in [-0.4, -0.2) is 33.4 Å². The van der Waals surface area contributed by atoms with Gasteiger partial charge in [-0.15, -0.1) is 0 Å². The Hall–Kier alpha value is -1.14. The lowest BCUT2D eigenvalue weighted by Gasteiger charge is -2.14. The fraction of sp³-hybridized carbons (Fsp3) is 0.538. The Balaban J connectivity index is 2.07. The van der Waals surface area contributed by atoms with E-state index in [0.717, 1.165) is 25.2 Å². The van der Waals surface area contributed by atoms with Crippen molar-refractivity contribution in [3.8, 4) is 0 Å². The van der Waals surface area contributed by atoms with Gasteiger partial charge in [-0.05, 0) is 38.0 Å². The van der Waals surface area contributed by atoms with E-state index in [1.54, 1.807) is 0 Å². The van der Waals surface area contributed by atoms with Gasteiger partial charge in [0.2, 0.25) is 0 Å². The van der Waals surface area contributed by atoms with Gasteiger partial charge in [0, 0.05) is 12.8 Å². The van der Waals surface area contributed by atoms with E-state index >= 15 is 0 Å². The lowest BCUT2D eigenvalue weighted by Crippen LogP contribution is -2.20. The van der Waals surface area contributed by atoms with Crippen LogP contribution in [-0.2, 0) is 14.6 Å². The molecule has 0 aromatic heterocycles. The molecule has 2 rings (SSSR count). The zero-order valence-electron chi connectivity index (χ0n) is 11.0. The van der Waals surface area contributed by atoms with Crippen LogP contribution >= 0.6 is 0 Å². The van der Waals surface area contributed by atoms with Gasteiger partial charge in [-0.2, -0.15) is 0 Å². The molecule has 0 saturated carbocycles. The molecule has 1 aliphatic heterocycles. The number of ether oxygens (including phenoxy) is 1. The molecular formula is C13H18FNO3S. The number of hydrogen-bond donors (Lipinski definition) is 1. The van der Waals surface area contributed by atoms with Crippen LogP contribution in [0, 0.1) is 5.82 Å². The number of benzene rings is 1. The molecule has 0 bridgehead atoms. The first-order valence-electron chi connectivity index (χ1n) is 6.25. The summed E-state index contributed by atoms with van der Waals surface area (Å²) in [5.74, 6) is -0.460. The van der Waals surface area contributed by atoms with Crippen molar-refractivity contribution >= 4 is 15.5 Å². The van der Waals surface area contributed by atoms with Crippen LogP contribution < -0.4 is 5.32 Å². The zero-order chi connectivity index (χ0) is 14.0. The Labute approximate surface area is 112 Å². The molecule has 1 aliphatic rings. The van der Waals surface area contributed by atoms with Crippen molar-refractivity contribution < 1.29 is 17.5 Å². The number of sulfone groups is 1. The van der Waals surface area contributed by atoms with E-state index in [1.165, 1.54) is 12.1 Å². The van der Waals surface area contributed by atoms with Gasteiger partial charge in [0.15, 0.2) is 9.84 Å². The molecule has 1 aromatic carbocycles. The van der Waals surface area contributed by atoms with Crippen molar-refractivity contribution in [3.63, 3.8) is 0 Å². The molecule has 1 N–H and O–H groups in total. The minimum absolute atomic E-state index is 0.0521. The van der Waals surface area contributed by atoms with E-state index in [0.29, 0.717) is 6.54 Å². The second-order valence-corrected chi connectivity index (χ2v) is 6.96. The third-order valence-electron chi connectivity index (χ3n) is 3.21. The Bertz CT molecular complexity index is 559. The van der Waals surface area contributed by atoms with Gasteiger partial charge >= 0.3 is 0 Å². The molecule has 6 heteroatoms. The Morgan fingerprint density at radius 2 is 2.16 bits per heavy atom. The van der Waals surface area contributed by atoms with Crippen molar-refractivity contribution in [1.29, 1.82) is 0 Å². The van der Waals surface area contributed by atoms with Crippen LogP contribution in [0.25, 0.3) is 0 Å². The van der Waals surface area contributed by atoms with Crippen molar-refractivity contribution in [2.24, 2.45) is 0 Å². The molecule has 0 amide bonds. The van der Waals surface area contributed by atoms with Gasteiger partial charge in [0.05, 0.1) is 22.8 Å². The third-order valence-corrected chi connectivity index (χ3v) is 4.32. The second-order valence-electron chi connectivity index (χ2n) is 4.94. The van der Waals surface area contributed by atoms with Crippen LogP contribution in [0.4, 0.5) is 10.1 Å². The maximum Gasteiger partial charge on any atom is 0.175 e. The molecule has 1 heterocycles. The first kappa shape index (κ1) is 14.3. The van der Waals surface area contributed by atoms with Crippen LogP contribution in [0.3, 0.4) is 0 Å². The molecule has 0 radical (unpaired) electrons. The summed E-state index contributed by atoms with van der Waals surface area (Å²) >= 11 is 0. The molecule has 0 spiro atoms. The highest BCUT2D eigenvalue weighted by molar-refractivity contribution is 7.90. The topological polar surface area (TPSA) is 55.4 Å². The fourth-order valence-corrected chi connectivity index (χ4v) is 2.78. The van der Waals surface area contributed by atoms with Crippen molar-refractivity contribution in [2.45, 2.75) is 36.9 Å². The maximum atomic E-state index is 13.6. The lowest BCUT2D eigenvalue weighted by molar-refractivity contribution is 0.0636. The van der Waals surface area contributed by atoms with Gasteiger partial charge in [-0.1, -0.05) is 0 Å². The minimum Gasteiger partial charge on any atom is -0.380 e. The first-order valence-corrected chi connectivity index (χ1v) is 8.14. The molecule has 1 saturated heterocycles. The van der Waals surface area contributed by atoms with Crippen molar-refractivity contribution in [1.82, 2.24) is 0 Å². The predicted molar refractivity (Wildman–Crippen MR) is 71.6 cm³/mol. The van der Waals surface area contributed by atoms with Crippen LogP contribution in [0.5, 0.6) is 0 Å². The third kappa shape index (κ3) is 3.67. The van der Waals surface area contributed by atoms with Gasteiger partial charge in [-0.3, -0.25) is 0 Å². The van der Waals surface area contributed by atoms with Gasteiger partial charge < -0.3 is 10.1 Å². The zero-order valence-corrected chi connectivity index (χ0v) is 11.8. The lowest BCUT2D eigenvalue weighted by atomic mass is 10.2. The molecule has 2 atom stereocenters. The highest BCUT2D eigenvalue weighted by atomic mass is 32.2. The van der Waals surface area contributed by atoms with Crippen molar-refractivity contribution in [2.75, 3.05) is 18.1 Å².